The Balaban J connectivity index is 1.91. The van der Waals surface area contributed by atoms with Crippen molar-refractivity contribution in [1.29, 1.82) is 0 Å². The maximum Gasteiger partial charge on any atom is 0.237 e. The molecule has 0 radical (unpaired) electrons. The average molecular weight is 276 g/mol. The summed E-state index contributed by atoms with van der Waals surface area (Å²) in [5, 5.41) is 7.73. The fourth-order valence-corrected chi connectivity index (χ4v) is 3.50. The summed E-state index contributed by atoms with van der Waals surface area (Å²) in [6.07, 6.45) is 2.01. The highest BCUT2D eigenvalue weighted by Crippen LogP contribution is 2.07. The molecule has 2 N–H and O–H groups in total. The first-order valence-corrected chi connectivity index (χ1v) is 10.6. The van der Waals surface area contributed by atoms with Crippen LogP contribution >= 0.6 is 0 Å². The number of carbonyl (C=O) groups excluding carboxylic acids is 1. The zero-order valence-electron chi connectivity index (χ0n) is 12.1. The third-order valence-corrected chi connectivity index (χ3v) is 5.72. The van der Waals surface area contributed by atoms with Gasteiger partial charge in [-0.15, -0.1) is 0 Å². The van der Waals surface area contributed by atoms with Crippen LogP contribution in [0.1, 0.15) is 18.4 Å². The Labute approximate surface area is 116 Å². The highest BCUT2D eigenvalue weighted by molar-refractivity contribution is 6.88. The fraction of sp³-hybridized carbons (Fsp3) is 0.533. The lowest BCUT2D eigenvalue weighted by atomic mass is 10.1. The van der Waals surface area contributed by atoms with Gasteiger partial charge in [-0.2, -0.15) is 0 Å². The minimum Gasteiger partial charge on any atom is -0.355 e. The molecule has 2 rings (SSSR count). The van der Waals surface area contributed by atoms with E-state index in [0.29, 0.717) is 0 Å². The molecule has 0 bridgehead atoms. The van der Waals surface area contributed by atoms with E-state index >= 15 is 0 Å². The molecule has 0 saturated carbocycles. The molecule has 1 aliphatic rings. The van der Waals surface area contributed by atoms with Crippen molar-refractivity contribution in [3.63, 3.8) is 0 Å². The van der Waals surface area contributed by atoms with E-state index in [2.05, 4.69) is 54.5 Å². The Morgan fingerprint density at radius 2 is 1.95 bits per heavy atom. The Bertz CT molecular complexity index is 436. The largest absolute Gasteiger partial charge is 0.355 e. The summed E-state index contributed by atoms with van der Waals surface area (Å²) in [6, 6.07) is 8.82. The lowest BCUT2D eigenvalue weighted by molar-refractivity contribution is -0.124. The van der Waals surface area contributed by atoms with Crippen LogP contribution in [0.5, 0.6) is 0 Å². The van der Waals surface area contributed by atoms with Crippen molar-refractivity contribution < 1.29 is 4.79 Å². The summed E-state index contributed by atoms with van der Waals surface area (Å²) in [7, 11) is -1.21. The van der Waals surface area contributed by atoms with Gasteiger partial charge in [-0.3, -0.25) is 4.79 Å². The van der Waals surface area contributed by atoms with Crippen molar-refractivity contribution >= 4 is 19.2 Å². The van der Waals surface area contributed by atoms with Crippen molar-refractivity contribution in [1.82, 2.24) is 10.6 Å². The summed E-state index contributed by atoms with van der Waals surface area (Å²) < 4.78 is 0. The predicted octanol–water partition coefficient (Wildman–Crippen LogP) is 1.60. The number of carbonyl (C=O) groups is 1. The molecule has 1 atom stereocenters. The summed E-state index contributed by atoms with van der Waals surface area (Å²) in [5.41, 5.74) is 1.25. The summed E-state index contributed by atoms with van der Waals surface area (Å²) in [5.74, 6) is 0.143. The number of piperidine rings is 1. The second kappa shape index (κ2) is 5.88. The highest BCUT2D eigenvalue weighted by atomic mass is 28.3. The molecule has 3 nitrogen and oxygen atoms in total. The number of benzene rings is 1. The minimum absolute atomic E-state index is 0.0228. The van der Waals surface area contributed by atoms with Gasteiger partial charge >= 0.3 is 0 Å². The van der Waals surface area contributed by atoms with E-state index < -0.39 is 8.07 Å². The Morgan fingerprint density at radius 1 is 1.26 bits per heavy atom. The highest BCUT2D eigenvalue weighted by Gasteiger charge is 2.21. The van der Waals surface area contributed by atoms with E-state index in [4.69, 9.17) is 0 Å². The number of rotatable bonds is 4. The van der Waals surface area contributed by atoms with E-state index in [1.165, 1.54) is 10.8 Å². The zero-order chi connectivity index (χ0) is 13.9. The molecule has 0 aromatic heterocycles. The van der Waals surface area contributed by atoms with Gasteiger partial charge in [0.15, 0.2) is 0 Å². The average Bonchev–Trinajstić information content (AvgIpc) is 2.37. The summed E-state index contributed by atoms with van der Waals surface area (Å²) in [6.45, 7) is 8.65. The standard InChI is InChI=1S/C15H24N2OSi/c1-19(2,3)13-8-6-12(7-9-13)11-17-14-5-4-10-16-15(14)18/h6-9,14,17H,4-5,10-11H2,1-3H3,(H,16,18). The number of amides is 1. The molecule has 1 aromatic carbocycles. The third kappa shape index (κ3) is 3.91. The van der Waals surface area contributed by atoms with Crippen molar-refractivity contribution in [2.24, 2.45) is 0 Å². The fourth-order valence-electron chi connectivity index (χ4n) is 2.33. The molecule has 0 aliphatic carbocycles. The van der Waals surface area contributed by atoms with E-state index in [0.717, 1.165) is 25.9 Å². The monoisotopic (exact) mass is 276 g/mol. The van der Waals surface area contributed by atoms with E-state index in [-0.39, 0.29) is 11.9 Å². The quantitative estimate of drug-likeness (QED) is 0.820. The van der Waals surface area contributed by atoms with E-state index in [1.807, 2.05) is 0 Å². The Hall–Kier alpha value is -1.13. The van der Waals surface area contributed by atoms with Crippen molar-refractivity contribution in [3.8, 4) is 0 Å². The molecule has 1 heterocycles. The molecule has 4 heteroatoms. The van der Waals surface area contributed by atoms with E-state index in [9.17, 15) is 4.79 Å². The lowest BCUT2D eigenvalue weighted by Gasteiger charge is -2.23. The minimum atomic E-state index is -1.21. The van der Waals surface area contributed by atoms with Crippen molar-refractivity contribution in [3.05, 3.63) is 29.8 Å². The van der Waals surface area contributed by atoms with Crippen LogP contribution in [0.2, 0.25) is 19.6 Å². The van der Waals surface area contributed by atoms with Gasteiger partial charge in [-0.25, -0.2) is 0 Å². The van der Waals surface area contributed by atoms with Crippen molar-refractivity contribution in [2.75, 3.05) is 6.54 Å². The molecule has 1 unspecified atom stereocenters. The van der Waals surface area contributed by atoms with Crippen LogP contribution in [0.25, 0.3) is 0 Å². The predicted molar refractivity (Wildman–Crippen MR) is 82.3 cm³/mol. The topological polar surface area (TPSA) is 41.1 Å². The van der Waals surface area contributed by atoms with Gasteiger partial charge in [0.05, 0.1) is 14.1 Å². The Kier molecular flexibility index (Phi) is 4.42. The molecule has 1 amide bonds. The first-order chi connectivity index (χ1) is 8.97. The maximum absolute atomic E-state index is 11.6. The lowest BCUT2D eigenvalue weighted by Crippen LogP contribution is -2.47. The van der Waals surface area contributed by atoms with Gasteiger partial charge in [0.1, 0.15) is 0 Å². The van der Waals surface area contributed by atoms with Gasteiger partial charge in [0.25, 0.3) is 0 Å². The SMILES string of the molecule is C[Si](C)(C)c1ccc(CNC2CCCNC2=O)cc1. The van der Waals surface area contributed by atoms with Crippen LogP contribution in [0.3, 0.4) is 0 Å². The van der Waals surface area contributed by atoms with Gasteiger partial charge in [0, 0.05) is 13.1 Å². The van der Waals surface area contributed by atoms with Gasteiger partial charge in [-0.05, 0) is 18.4 Å². The molecule has 1 saturated heterocycles. The molecular formula is C15H24N2OSi. The molecule has 1 aromatic rings. The number of hydrogen-bond acceptors (Lipinski definition) is 2. The van der Waals surface area contributed by atoms with Crippen LogP contribution in [-0.4, -0.2) is 26.6 Å². The third-order valence-electron chi connectivity index (χ3n) is 3.66. The number of nitrogens with one attached hydrogen (secondary N) is 2. The number of hydrogen-bond donors (Lipinski definition) is 2. The molecule has 1 fully saturated rings. The van der Waals surface area contributed by atoms with Gasteiger partial charge < -0.3 is 10.6 Å². The van der Waals surface area contributed by atoms with Crippen LogP contribution < -0.4 is 15.8 Å². The molecular weight excluding hydrogens is 252 g/mol. The first-order valence-electron chi connectivity index (χ1n) is 7.07. The van der Waals surface area contributed by atoms with Gasteiger partial charge in [0.2, 0.25) is 5.91 Å². The van der Waals surface area contributed by atoms with Crippen LogP contribution in [0, 0.1) is 0 Å². The second-order valence-corrected chi connectivity index (χ2v) is 11.4. The summed E-state index contributed by atoms with van der Waals surface area (Å²) >= 11 is 0. The molecule has 19 heavy (non-hydrogen) atoms. The van der Waals surface area contributed by atoms with Crippen molar-refractivity contribution in [2.45, 2.75) is 45.1 Å². The molecule has 0 spiro atoms. The van der Waals surface area contributed by atoms with Crippen LogP contribution in [0.4, 0.5) is 0 Å². The molecule has 104 valence electrons. The normalized spacial score (nSPS) is 20.2. The maximum atomic E-state index is 11.6. The molecule has 1 aliphatic heterocycles. The first kappa shape index (κ1) is 14.3. The zero-order valence-corrected chi connectivity index (χ0v) is 13.1. The Morgan fingerprint density at radius 3 is 2.53 bits per heavy atom. The van der Waals surface area contributed by atoms with Crippen LogP contribution in [-0.2, 0) is 11.3 Å². The summed E-state index contributed by atoms with van der Waals surface area (Å²) in [4.78, 5) is 11.6. The van der Waals surface area contributed by atoms with E-state index in [1.54, 1.807) is 0 Å². The van der Waals surface area contributed by atoms with Crippen LogP contribution in [0.15, 0.2) is 24.3 Å². The smallest absolute Gasteiger partial charge is 0.237 e. The second-order valence-electron chi connectivity index (χ2n) is 6.31. The van der Waals surface area contributed by atoms with Gasteiger partial charge in [-0.1, -0.05) is 49.1 Å².